The van der Waals surface area contributed by atoms with Crippen molar-refractivity contribution in [1.82, 2.24) is 9.88 Å². The van der Waals surface area contributed by atoms with E-state index in [0.29, 0.717) is 11.5 Å². The molecule has 7 heteroatoms. The molecule has 0 bridgehead atoms. The van der Waals surface area contributed by atoms with E-state index in [9.17, 15) is 8.42 Å². The normalized spacial score (nSPS) is 14.1. The van der Waals surface area contributed by atoms with Crippen molar-refractivity contribution in [3.8, 4) is 0 Å². The summed E-state index contributed by atoms with van der Waals surface area (Å²) in [6, 6.07) is 1.31. The summed E-state index contributed by atoms with van der Waals surface area (Å²) in [5, 5.41) is 3.61. The average molecular weight is 233 g/mol. The van der Waals surface area contributed by atoms with Crippen LogP contribution in [0.3, 0.4) is 0 Å². The molecular formula is C8H15N3O3S. The Balaban J connectivity index is 2.64. The van der Waals surface area contributed by atoms with Gasteiger partial charge in [-0.25, -0.2) is 13.1 Å². The van der Waals surface area contributed by atoms with Gasteiger partial charge in [0.05, 0.1) is 5.69 Å². The molecule has 1 rings (SSSR count). The van der Waals surface area contributed by atoms with Gasteiger partial charge in [0.15, 0.2) is 5.76 Å². The fourth-order valence-electron chi connectivity index (χ4n) is 1.07. The Bertz CT molecular complexity index is 413. The maximum Gasteiger partial charge on any atom is 0.219 e. The average Bonchev–Trinajstić information content (AvgIpc) is 2.49. The van der Waals surface area contributed by atoms with E-state index in [4.69, 9.17) is 10.3 Å². The first-order chi connectivity index (χ1) is 6.93. The second-order valence-corrected chi connectivity index (χ2v) is 5.20. The molecule has 0 aliphatic heterocycles. The molecule has 0 aromatic carbocycles. The SMILES string of the molecule is Cc1cc(CS(=O)(=O)N[C@@H](C)CN)on1. The highest BCUT2D eigenvalue weighted by atomic mass is 32.2. The second-order valence-electron chi connectivity index (χ2n) is 3.45. The first-order valence-electron chi connectivity index (χ1n) is 4.55. The molecule has 1 heterocycles. The maximum absolute atomic E-state index is 11.5. The molecular weight excluding hydrogens is 218 g/mol. The molecule has 0 aliphatic rings. The Morgan fingerprint density at radius 3 is 2.80 bits per heavy atom. The molecule has 0 saturated heterocycles. The zero-order valence-corrected chi connectivity index (χ0v) is 9.54. The summed E-state index contributed by atoms with van der Waals surface area (Å²) in [5.41, 5.74) is 5.97. The van der Waals surface area contributed by atoms with Crippen LogP contribution in [0, 0.1) is 6.92 Å². The predicted octanol–water partition coefficient (Wildman–Crippen LogP) is -0.250. The summed E-state index contributed by atoms with van der Waals surface area (Å²) in [4.78, 5) is 0. The van der Waals surface area contributed by atoms with Crippen LogP contribution < -0.4 is 10.5 Å². The van der Waals surface area contributed by atoms with Crippen LogP contribution in [0.15, 0.2) is 10.6 Å². The predicted molar refractivity (Wildman–Crippen MR) is 55.5 cm³/mol. The number of aryl methyl sites for hydroxylation is 1. The zero-order valence-electron chi connectivity index (χ0n) is 8.73. The van der Waals surface area contributed by atoms with Crippen LogP contribution in [-0.4, -0.2) is 26.2 Å². The van der Waals surface area contributed by atoms with Crippen LogP contribution in [0.2, 0.25) is 0 Å². The molecule has 15 heavy (non-hydrogen) atoms. The molecule has 0 aliphatic carbocycles. The highest BCUT2D eigenvalue weighted by Crippen LogP contribution is 2.06. The Hall–Kier alpha value is -0.920. The van der Waals surface area contributed by atoms with Crippen molar-refractivity contribution >= 4 is 10.0 Å². The van der Waals surface area contributed by atoms with Crippen molar-refractivity contribution in [2.75, 3.05) is 6.54 Å². The largest absolute Gasteiger partial charge is 0.360 e. The number of hydrogen-bond acceptors (Lipinski definition) is 5. The zero-order chi connectivity index (χ0) is 11.5. The fourth-order valence-corrected chi connectivity index (χ4v) is 2.37. The molecule has 0 spiro atoms. The number of rotatable bonds is 5. The third kappa shape index (κ3) is 3.98. The van der Waals surface area contributed by atoms with Crippen molar-refractivity contribution in [1.29, 1.82) is 0 Å². The van der Waals surface area contributed by atoms with E-state index in [0.717, 1.165) is 0 Å². The number of hydrogen-bond donors (Lipinski definition) is 2. The fraction of sp³-hybridized carbons (Fsp3) is 0.625. The van der Waals surface area contributed by atoms with E-state index in [1.165, 1.54) is 0 Å². The smallest absolute Gasteiger partial charge is 0.219 e. The van der Waals surface area contributed by atoms with Gasteiger partial charge in [-0.1, -0.05) is 5.16 Å². The molecule has 1 aromatic rings. The molecule has 0 amide bonds. The third-order valence-electron chi connectivity index (χ3n) is 1.74. The van der Waals surface area contributed by atoms with E-state index in [1.54, 1.807) is 19.9 Å². The first kappa shape index (κ1) is 12.2. The minimum Gasteiger partial charge on any atom is -0.360 e. The van der Waals surface area contributed by atoms with Crippen LogP contribution in [0.1, 0.15) is 18.4 Å². The van der Waals surface area contributed by atoms with Crippen LogP contribution in [-0.2, 0) is 15.8 Å². The highest BCUT2D eigenvalue weighted by molar-refractivity contribution is 7.88. The summed E-state index contributed by atoms with van der Waals surface area (Å²) in [6.07, 6.45) is 0. The minimum atomic E-state index is -3.40. The first-order valence-corrected chi connectivity index (χ1v) is 6.20. The van der Waals surface area contributed by atoms with Crippen molar-refractivity contribution < 1.29 is 12.9 Å². The maximum atomic E-state index is 11.5. The van der Waals surface area contributed by atoms with E-state index >= 15 is 0 Å². The second kappa shape index (κ2) is 4.73. The van der Waals surface area contributed by atoms with Gasteiger partial charge in [-0.05, 0) is 13.8 Å². The number of nitrogens with zero attached hydrogens (tertiary/aromatic N) is 1. The van der Waals surface area contributed by atoms with Crippen LogP contribution in [0.4, 0.5) is 0 Å². The van der Waals surface area contributed by atoms with Gasteiger partial charge in [0.25, 0.3) is 0 Å². The topological polar surface area (TPSA) is 98.2 Å². The molecule has 0 saturated carbocycles. The van der Waals surface area contributed by atoms with E-state index < -0.39 is 10.0 Å². The van der Waals surface area contributed by atoms with Crippen LogP contribution in [0.25, 0.3) is 0 Å². The van der Waals surface area contributed by atoms with Gasteiger partial charge in [0, 0.05) is 18.7 Å². The molecule has 6 nitrogen and oxygen atoms in total. The number of nitrogens with one attached hydrogen (secondary N) is 1. The van der Waals surface area contributed by atoms with Gasteiger partial charge >= 0.3 is 0 Å². The number of nitrogens with two attached hydrogens (primary N) is 1. The minimum absolute atomic E-state index is 0.210. The molecule has 1 aromatic heterocycles. The monoisotopic (exact) mass is 233 g/mol. The Labute approximate surface area is 88.9 Å². The van der Waals surface area contributed by atoms with E-state index in [1.807, 2.05) is 0 Å². The molecule has 0 unspecified atom stereocenters. The molecule has 3 N–H and O–H groups in total. The Morgan fingerprint density at radius 1 is 1.67 bits per heavy atom. The highest BCUT2D eigenvalue weighted by Gasteiger charge is 2.16. The van der Waals surface area contributed by atoms with Gasteiger partial charge in [0.2, 0.25) is 10.0 Å². The Kier molecular flexibility index (Phi) is 3.83. The summed E-state index contributed by atoms with van der Waals surface area (Å²) in [6.45, 7) is 3.69. The Morgan fingerprint density at radius 2 is 2.33 bits per heavy atom. The number of sulfonamides is 1. The third-order valence-corrected chi connectivity index (χ3v) is 3.17. The summed E-state index contributed by atoms with van der Waals surface area (Å²) in [7, 11) is -3.40. The lowest BCUT2D eigenvalue weighted by Crippen LogP contribution is -2.38. The van der Waals surface area contributed by atoms with Crippen molar-refractivity contribution in [3.05, 3.63) is 17.5 Å². The van der Waals surface area contributed by atoms with Gasteiger partial charge in [-0.2, -0.15) is 0 Å². The lowest BCUT2D eigenvalue weighted by molar-refractivity contribution is 0.388. The van der Waals surface area contributed by atoms with Crippen molar-refractivity contribution in [2.24, 2.45) is 5.73 Å². The van der Waals surface area contributed by atoms with Crippen LogP contribution >= 0.6 is 0 Å². The lowest BCUT2D eigenvalue weighted by Gasteiger charge is -2.10. The summed E-state index contributed by atoms with van der Waals surface area (Å²) < 4.78 is 30.3. The van der Waals surface area contributed by atoms with Gasteiger partial charge < -0.3 is 10.3 Å². The van der Waals surface area contributed by atoms with Gasteiger partial charge in [-0.3, -0.25) is 0 Å². The van der Waals surface area contributed by atoms with Gasteiger partial charge in [-0.15, -0.1) is 0 Å². The van der Waals surface area contributed by atoms with E-state index in [2.05, 4.69) is 9.88 Å². The van der Waals surface area contributed by atoms with Crippen molar-refractivity contribution in [2.45, 2.75) is 25.6 Å². The van der Waals surface area contributed by atoms with E-state index in [-0.39, 0.29) is 18.3 Å². The summed E-state index contributed by atoms with van der Waals surface area (Å²) in [5.74, 6) is 0.113. The van der Waals surface area contributed by atoms with Crippen molar-refractivity contribution in [3.63, 3.8) is 0 Å². The summed E-state index contributed by atoms with van der Waals surface area (Å²) >= 11 is 0. The number of aromatic nitrogens is 1. The molecule has 0 fully saturated rings. The standard InChI is InChI=1S/C8H15N3O3S/c1-6-3-8(14-10-6)5-15(12,13)11-7(2)4-9/h3,7,11H,4-5,9H2,1-2H3/t7-/m0/s1. The molecule has 0 radical (unpaired) electrons. The van der Waals surface area contributed by atoms with Crippen LogP contribution in [0.5, 0.6) is 0 Å². The van der Waals surface area contributed by atoms with Gasteiger partial charge in [0.1, 0.15) is 5.75 Å². The molecule has 86 valence electrons. The lowest BCUT2D eigenvalue weighted by atomic mass is 10.4. The molecule has 1 atom stereocenters. The quantitative estimate of drug-likeness (QED) is 0.730.